The van der Waals surface area contributed by atoms with Crippen molar-refractivity contribution in [1.82, 2.24) is 0 Å². The lowest BCUT2D eigenvalue weighted by atomic mass is 9.70. The minimum absolute atomic E-state index is 0.605. The number of ether oxygens (including phenoxy) is 2. The molecule has 0 radical (unpaired) electrons. The summed E-state index contributed by atoms with van der Waals surface area (Å²) in [7, 11) is 0. The van der Waals surface area contributed by atoms with E-state index in [1.807, 2.05) is 36.4 Å². The lowest BCUT2D eigenvalue weighted by molar-refractivity contribution is 0.354. The molecule has 2 aliphatic carbocycles. The van der Waals surface area contributed by atoms with E-state index in [9.17, 15) is 0 Å². The smallest absolute Gasteiger partial charge is 0.175 e. The van der Waals surface area contributed by atoms with E-state index in [1.165, 1.54) is 38.9 Å². The molecule has 52 heavy (non-hydrogen) atoms. The van der Waals surface area contributed by atoms with Crippen molar-refractivity contribution >= 4 is 21.9 Å². The van der Waals surface area contributed by atoms with E-state index in [0.29, 0.717) is 0 Å². The molecule has 0 N–H and O–H groups in total. The van der Waals surface area contributed by atoms with Crippen LogP contribution in [-0.2, 0) is 5.41 Å². The van der Waals surface area contributed by atoms with Crippen LogP contribution < -0.4 is 9.47 Å². The average Bonchev–Trinajstić information content (AvgIpc) is 3.84. The minimum Gasteiger partial charge on any atom is -0.455 e. The van der Waals surface area contributed by atoms with Gasteiger partial charge in [-0.2, -0.15) is 0 Å². The van der Waals surface area contributed by atoms with Crippen LogP contribution in [0, 0.1) is 0 Å². The first kappa shape index (κ1) is 27.9. The molecule has 12 rings (SSSR count). The summed E-state index contributed by atoms with van der Waals surface area (Å²) in [5.41, 5.74) is 15.5. The molecule has 3 aliphatic rings. The van der Waals surface area contributed by atoms with Crippen molar-refractivity contribution in [3.8, 4) is 67.5 Å². The lowest BCUT2D eigenvalue weighted by Crippen LogP contribution is -2.27. The van der Waals surface area contributed by atoms with Crippen molar-refractivity contribution in [2.75, 3.05) is 0 Å². The third kappa shape index (κ3) is 3.54. The fraction of sp³-hybridized carbons (Fsp3) is 0.0204. The fourth-order valence-electron chi connectivity index (χ4n) is 9.23. The van der Waals surface area contributed by atoms with Gasteiger partial charge < -0.3 is 13.9 Å². The molecule has 0 unspecified atom stereocenters. The zero-order valence-corrected chi connectivity index (χ0v) is 27.9. The largest absolute Gasteiger partial charge is 0.455 e. The number of fused-ring (bicyclic) bond motifs is 16. The Labute approximate surface area is 300 Å². The Balaban J connectivity index is 1.10. The maximum absolute atomic E-state index is 6.87. The number of rotatable bonds is 2. The lowest BCUT2D eigenvalue weighted by Gasteiger charge is -2.33. The van der Waals surface area contributed by atoms with E-state index >= 15 is 0 Å². The van der Waals surface area contributed by atoms with Crippen LogP contribution >= 0.6 is 0 Å². The van der Waals surface area contributed by atoms with Gasteiger partial charge in [0.15, 0.2) is 23.0 Å². The van der Waals surface area contributed by atoms with Crippen molar-refractivity contribution in [3.05, 3.63) is 192 Å². The summed E-state index contributed by atoms with van der Waals surface area (Å²) in [5, 5.41) is 2.27. The van der Waals surface area contributed by atoms with Gasteiger partial charge in [-0.1, -0.05) is 133 Å². The maximum atomic E-state index is 6.87. The molecule has 9 aromatic rings. The number of benzene rings is 8. The quantitative estimate of drug-likeness (QED) is 0.184. The van der Waals surface area contributed by atoms with E-state index in [0.717, 1.165) is 72.8 Å². The maximum Gasteiger partial charge on any atom is 0.175 e. The summed E-state index contributed by atoms with van der Waals surface area (Å²) in [6.45, 7) is 0. The van der Waals surface area contributed by atoms with Gasteiger partial charge in [0.05, 0.1) is 5.41 Å². The molecule has 8 aromatic carbocycles. The predicted molar refractivity (Wildman–Crippen MR) is 207 cm³/mol. The van der Waals surface area contributed by atoms with Crippen molar-refractivity contribution in [2.45, 2.75) is 5.41 Å². The molecule has 3 nitrogen and oxygen atoms in total. The standard InChI is InChI=1S/C49H28O3/c1-4-18-39-33(13-1)34-14-2-5-19-40(34)49(39)41-28-30(23-24-35(41)37-25-26-45-48(46(37)49)52-44-22-8-7-21-43(44)50-45)29-11-9-12-31(27-29)32-16-10-17-38-36-15-3-6-20-42(36)51-47(32)38/h1-28H. The Hall–Kier alpha value is -6.84. The molecule has 0 fully saturated rings. The highest BCUT2D eigenvalue weighted by molar-refractivity contribution is 6.09. The molecule has 1 spiro atoms. The molecule has 242 valence electrons. The molecule has 2 heterocycles. The number of para-hydroxylation sites is 4. The second kappa shape index (κ2) is 10.1. The molecule has 1 aromatic heterocycles. The topological polar surface area (TPSA) is 31.6 Å². The van der Waals surface area contributed by atoms with Crippen LogP contribution in [0.15, 0.2) is 174 Å². The molecule has 0 saturated carbocycles. The highest BCUT2D eigenvalue weighted by atomic mass is 16.6. The van der Waals surface area contributed by atoms with E-state index < -0.39 is 5.41 Å². The second-order valence-electron chi connectivity index (χ2n) is 13.9. The Morgan fingerprint density at radius 3 is 1.83 bits per heavy atom. The summed E-state index contributed by atoms with van der Waals surface area (Å²) < 4.78 is 19.9. The van der Waals surface area contributed by atoms with Crippen LogP contribution in [0.4, 0.5) is 0 Å². The van der Waals surface area contributed by atoms with Crippen molar-refractivity contribution in [3.63, 3.8) is 0 Å². The first-order valence-corrected chi connectivity index (χ1v) is 17.7. The highest BCUT2D eigenvalue weighted by Gasteiger charge is 2.54. The Kier molecular flexibility index (Phi) is 5.43. The van der Waals surface area contributed by atoms with Crippen LogP contribution in [0.5, 0.6) is 23.0 Å². The van der Waals surface area contributed by atoms with E-state index in [4.69, 9.17) is 13.9 Å². The van der Waals surface area contributed by atoms with Gasteiger partial charge in [0.1, 0.15) is 11.2 Å². The normalized spacial score (nSPS) is 13.8. The zero-order valence-electron chi connectivity index (χ0n) is 27.9. The third-order valence-corrected chi connectivity index (χ3v) is 11.4. The summed E-state index contributed by atoms with van der Waals surface area (Å²) in [4.78, 5) is 0. The highest BCUT2D eigenvalue weighted by Crippen LogP contribution is 2.67. The SMILES string of the molecule is c1cc(-c2ccc3c(c2)C2(c4ccccc4-c4ccccc42)c2c-3ccc3c2Oc2ccccc2O3)cc(-c2cccc3c2oc2ccccc23)c1. The van der Waals surface area contributed by atoms with Gasteiger partial charge in [-0.25, -0.2) is 0 Å². The van der Waals surface area contributed by atoms with Crippen molar-refractivity contribution < 1.29 is 13.9 Å². The van der Waals surface area contributed by atoms with E-state index in [2.05, 4.69) is 133 Å². The Bertz CT molecular complexity index is 2940. The summed E-state index contributed by atoms with van der Waals surface area (Å²) in [6, 6.07) is 60.5. The molecule has 0 saturated heterocycles. The molecule has 0 atom stereocenters. The van der Waals surface area contributed by atoms with Crippen LogP contribution in [0.3, 0.4) is 0 Å². The van der Waals surface area contributed by atoms with Crippen LogP contribution in [-0.4, -0.2) is 0 Å². The predicted octanol–water partition coefficient (Wildman–Crippen LogP) is 13.2. The summed E-state index contributed by atoms with van der Waals surface area (Å²) in [6.07, 6.45) is 0. The van der Waals surface area contributed by atoms with Gasteiger partial charge >= 0.3 is 0 Å². The Morgan fingerprint density at radius 2 is 0.981 bits per heavy atom. The molecular formula is C49H28O3. The number of hydrogen-bond donors (Lipinski definition) is 0. The van der Waals surface area contributed by atoms with Gasteiger partial charge in [0.2, 0.25) is 0 Å². The average molecular weight is 665 g/mol. The summed E-state index contributed by atoms with van der Waals surface area (Å²) in [5.74, 6) is 2.97. The fourth-order valence-corrected chi connectivity index (χ4v) is 9.23. The van der Waals surface area contributed by atoms with E-state index in [-0.39, 0.29) is 0 Å². The zero-order chi connectivity index (χ0) is 34.0. The second-order valence-corrected chi connectivity index (χ2v) is 13.9. The third-order valence-electron chi connectivity index (χ3n) is 11.4. The minimum atomic E-state index is -0.605. The molecular weight excluding hydrogens is 637 g/mol. The number of furan rings is 1. The van der Waals surface area contributed by atoms with Crippen molar-refractivity contribution in [2.24, 2.45) is 0 Å². The molecule has 3 heteroatoms. The van der Waals surface area contributed by atoms with Gasteiger partial charge in [-0.05, 0) is 92.0 Å². The van der Waals surface area contributed by atoms with Crippen LogP contribution in [0.1, 0.15) is 22.3 Å². The molecule has 0 bridgehead atoms. The van der Waals surface area contributed by atoms with E-state index in [1.54, 1.807) is 0 Å². The molecule has 1 aliphatic heterocycles. The molecule has 0 amide bonds. The van der Waals surface area contributed by atoms with Crippen LogP contribution in [0.2, 0.25) is 0 Å². The first-order valence-electron chi connectivity index (χ1n) is 17.7. The first-order chi connectivity index (χ1) is 25.8. The Morgan fingerprint density at radius 1 is 0.365 bits per heavy atom. The van der Waals surface area contributed by atoms with Gasteiger partial charge in [0, 0.05) is 21.9 Å². The number of hydrogen-bond acceptors (Lipinski definition) is 3. The van der Waals surface area contributed by atoms with Crippen molar-refractivity contribution in [1.29, 1.82) is 0 Å². The van der Waals surface area contributed by atoms with Gasteiger partial charge in [-0.3, -0.25) is 0 Å². The monoisotopic (exact) mass is 664 g/mol. The van der Waals surface area contributed by atoms with Crippen LogP contribution in [0.25, 0.3) is 66.4 Å². The summed E-state index contributed by atoms with van der Waals surface area (Å²) >= 11 is 0. The van der Waals surface area contributed by atoms with Gasteiger partial charge in [0.25, 0.3) is 0 Å². The van der Waals surface area contributed by atoms with Gasteiger partial charge in [-0.15, -0.1) is 0 Å².